The molecule has 1 heterocycles. The fraction of sp³-hybridized carbons (Fsp3) is 0.528. The topological polar surface area (TPSA) is 124 Å². The molecule has 46 heavy (non-hydrogen) atoms. The van der Waals surface area contributed by atoms with E-state index in [2.05, 4.69) is 13.0 Å². The van der Waals surface area contributed by atoms with E-state index in [0.717, 1.165) is 24.1 Å². The summed E-state index contributed by atoms with van der Waals surface area (Å²) in [6.07, 6.45) is 8.78. The van der Waals surface area contributed by atoms with Crippen molar-refractivity contribution in [2.45, 2.75) is 70.5 Å². The SMILES string of the molecule is COCCCSC(=O)C1(OC(=O)c2ccco2)CCC2C3CCC4=CC(=Nc5ccc(F)cc5)C(=CN)CC4(C)C3C(O)CC21C. The van der Waals surface area contributed by atoms with Crippen LogP contribution in [0.4, 0.5) is 10.1 Å². The number of carbonyl (C=O) groups excluding carboxylic acids is 2. The van der Waals surface area contributed by atoms with Gasteiger partial charge in [-0.2, -0.15) is 0 Å². The van der Waals surface area contributed by atoms with Crippen molar-refractivity contribution in [2.75, 3.05) is 19.5 Å². The highest BCUT2D eigenvalue weighted by atomic mass is 32.2. The standard InChI is InChI=1S/C36H43FN2O6S/c1-34-19-22(21-38)28(39-25-10-8-24(37)9-11-25)18-23(34)7-12-26-27-13-14-36(33(42)46-17-5-15-43-3,35(27,2)20-29(40)31(26)34)45-32(41)30-6-4-16-44-30/h4,6,8-11,16,18,21,26-27,29,31,40H,5,7,12-15,17,19-20,38H2,1-3H3. The molecule has 1 aromatic carbocycles. The van der Waals surface area contributed by atoms with Crippen LogP contribution in [0, 0.1) is 34.4 Å². The molecular weight excluding hydrogens is 607 g/mol. The van der Waals surface area contributed by atoms with Crippen molar-refractivity contribution in [1.82, 2.24) is 0 Å². The fourth-order valence-electron chi connectivity index (χ4n) is 9.21. The number of halogens is 1. The van der Waals surface area contributed by atoms with E-state index in [1.54, 1.807) is 37.6 Å². The van der Waals surface area contributed by atoms with Crippen LogP contribution in [-0.4, -0.2) is 53.1 Å². The molecular formula is C36H43FN2O6S. The van der Waals surface area contributed by atoms with Crippen LogP contribution in [0.5, 0.6) is 0 Å². The van der Waals surface area contributed by atoms with Crippen LogP contribution in [0.2, 0.25) is 0 Å². The molecule has 246 valence electrons. The number of aliphatic imine (C=N–C) groups is 1. The summed E-state index contributed by atoms with van der Waals surface area (Å²) in [5, 5.41) is 12.0. The molecule has 10 heteroatoms. The number of allylic oxidation sites excluding steroid dienone is 3. The van der Waals surface area contributed by atoms with E-state index in [0.29, 0.717) is 50.2 Å². The Hall–Kier alpha value is -3.21. The number of benzene rings is 1. The highest BCUT2D eigenvalue weighted by Crippen LogP contribution is 2.69. The first-order chi connectivity index (χ1) is 22.1. The Bertz CT molecular complexity index is 1550. The molecule has 4 aliphatic carbocycles. The molecule has 0 radical (unpaired) electrons. The van der Waals surface area contributed by atoms with Gasteiger partial charge in [-0.3, -0.25) is 4.79 Å². The average Bonchev–Trinajstić information content (AvgIpc) is 3.67. The summed E-state index contributed by atoms with van der Waals surface area (Å²) < 4.78 is 30.4. The first-order valence-corrected chi connectivity index (χ1v) is 17.1. The highest BCUT2D eigenvalue weighted by molar-refractivity contribution is 8.13. The quantitative estimate of drug-likeness (QED) is 0.237. The average molecular weight is 651 g/mol. The van der Waals surface area contributed by atoms with Gasteiger partial charge in [0.05, 0.1) is 23.8 Å². The molecule has 7 atom stereocenters. The Kier molecular flexibility index (Phi) is 9.08. The number of methoxy groups -OCH3 is 1. The minimum atomic E-state index is -1.40. The van der Waals surface area contributed by atoms with Crippen LogP contribution in [0.15, 0.2) is 75.5 Å². The molecule has 3 saturated carbocycles. The summed E-state index contributed by atoms with van der Waals surface area (Å²) >= 11 is 1.19. The number of rotatable bonds is 8. The predicted octanol–water partition coefficient (Wildman–Crippen LogP) is 6.77. The van der Waals surface area contributed by atoms with Crippen LogP contribution in [0.1, 0.15) is 69.3 Å². The maximum Gasteiger partial charge on any atom is 0.375 e. The molecule has 3 N–H and O–H groups in total. The van der Waals surface area contributed by atoms with Gasteiger partial charge in [-0.05, 0) is 122 Å². The van der Waals surface area contributed by atoms with Crippen molar-refractivity contribution >= 4 is 34.2 Å². The zero-order chi connectivity index (χ0) is 32.7. The Balaban J connectivity index is 1.33. The first-order valence-electron chi connectivity index (χ1n) is 16.1. The molecule has 0 spiro atoms. The van der Waals surface area contributed by atoms with Crippen LogP contribution in [-0.2, 0) is 14.3 Å². The number of aliphatic hydroxyl groups excluding tert-OH is 1. The number of hydrogen-bond acceptors (Lipinski definition) is 9. The van der Waals surface area contributed by atoms with Crippen molar-refractivity contribution in [1.29, 1.82) is 0 Å². The molecule has 0 saturated heterocycles. The van der Waals surface area contributed by atoms with Crippen molar-refractivity contribution in [2.24, 2.45) is 39.3 Å². The molecule has 6 rings (SSSR count). The van der Waals surface area contributed by atoms with Crippen molar-refractivity contribution in [3.05, 3.63) is 77.7 Å². The summed E-state index contributed by atoms with van der Waals surface area (Å²) in [6.45, 7) is 4.79. The van der Waals surface area contributed by atoms with Gasteiger partial charge in [0.25, 0.3) is 0 Å². The number of nitrogens with zero attached hydrogens (tertiary/aromatic N) is 1. The van der Waals surface area contributed by atoms with Gasteiger partial charge in [0.1, 0.15) is 5.82 Å². The molecule has 4 aliphatic rings. The second kappa shape index (κ2) is 12.8. The summed E-state index contributed by atoms with van der Waals surface area (Å²) in [4.78, 5) is 32.4. The van der Waals surface area contributed by atoms with E-state index in [1.807, 2.05) is 6.92 Å². The molecule has 0 amide bonds. The van der Waals surface area contributed by atoms with E-state index in [-0.39, 0.29) is 39.9 Å². The van der Waals surface area contributed by atoms with Crippen LogP contribution >= 0.6 is 11.8 Å². The van der Waals surface area contributed by atoms with Crippen LogP contribution in [0.25, 0.3) is 0 Å². The number of aliphatic hydroxyl groups is 1. The third-order valence-corrected chi connectivity index (χ3v) is 12.4. The Labute approximate surface area is 273 Å². The minimum Gasteiger partial charge on any atom is -0.457 e. The van der Waals surface area contributed by atoms with E-state index in [9.17, 15) is 19.1 Å². The lowest BCUT2D eigenvalue weighted by molar-refractivity contribution is -0.175. The Morgan fingerprint density at radius 3 is 2.70 bits per heavy atom. The number of ether oxygens (including phenoxy) is 2. The molecule has 0 bridgehead atoms. The molecule has 7 unspecified atom stereocenters. The zero-order valence-electron chi connectivity index (χ0n) is 26.7. The van der Waals surface area contributed by atoms with Gasteiger partial charge in [-0.15, -0.1) is 0 Å². The highest BCUT2D eigenvalue weighted by Gasteiger charge is 2.70. The van der Waals surface area contributed by atoms with Crippen molar-refractivity contribution in [3.8, 4) is 0 Å². The zero-order valence-corrected chi connectivity index (χ0v) is 27.5. The van der Waals surface area contributed by atoms with Gasteiger partial charge < -0.3 is 24.7 Å². The van der Waals surface area contributed by atoms with Crippen LogP contribution in [0.3, 0.4) is 0 Å². The van der Waals surface area contributed by atoms with Gasteiger partial charge in [0, 0.05) is 24.9 Å². The number of esters is 1. The molecule has 1 aromatic heterocycles. The van der Waals surface area contributed by atoms with Gasteiger partial charge in [0.2, 0.25) is 10.9 Å². The smallest absolute Gasteiger partial charge is 0.375 e. The van der Waals surface area contributed by atoms with Crippen LogP contribution < -0.4 is 5.73 Å². The normalized spacial score (nSPS) is 35.3. The monoisotopic (exact) mass is 650 g/mol. The van der Waals surface area contributed by atoms with Crippen molar-refractivity contribution < 1.29 is 33.0 Å². The largest absolute Gasteiger partial charge is 0.457 e. The first kappa shape index (κ1) is 32.7. The number of hydrogen-bond donors (Lipinski definition) is 2. The number of furan rings is 1. The lowest BCUT2D eigenvalue weighted by atomic mass is 9.45. The Morgan fingerprint density at radius 2 is 2.00 bits per heavy atom. The molecule has 3 fully saturated rings. The van der Waals surface area contributed by atoms with E-state index < -0.39 is 23.1 Å². The number of nitrogens with two attached hydrogens (primary N) is 1. The lowest BCUT2D eigenvalue weighted by Gasteiger charge is -2.60. The van der Waals surface area contributed by atoms with E-state index in [1.165, 1.54) is 35.7 Å². The maximum atomic E-state index is 14.2. The summed E-state index contributed by atoms with van der Waals surface area (Å²) in [7, 11) is 1.63. The van der Waals surface area contributed by atoms with E-state index >= 15 is 0 Å². The third kappa shape index (κ3) is 5.46. The second-order valence-corrected chi connectivity index (χ2v) is 14.7. The number of carbonyl (C=O) groups is 2. The predicted molar refractivity (Wildman–Crippen MR) is 175 cm³/mol. The lowest BCUT2D eigenvalue weighted by Crippen LogP contribution is -2.62. The van der Waals surface area contributed by atoms with Gasteiger partial charge in [0.15, 0.2) is 5.60 Å². The third-order valence-electron chi connectivity index (χ3n) is 11.3. The Morgan fingerprint density at radius 1 is 1.22 bits per heavy atom. The molecule has 2 aromatic rings. The van der Waals surface area contributed by atoms with Gasteiger partial charge in [-0.1, -0.05) is 31.2 Å². The summed E-state index contributed by atoms with van der Waals surface area (Å²) in [6, 6.07) is 9.24. The molecule has 8 nitrogen and oxygen atoms in total. The minimum absolute atomic E-state index is 0.0548. The summed E-state index contributed by atoms with van der Waals surface area (Å²) in [5.74, 6) is -0.276. The van der Waals surface area contributed by atoms with Crippen molar-refractivity contribution in [3.63, 3.8) is 0 Å². The second-order valence-electron chi connectivity index (χ2n) is 13.7. The van der Waals surface area contributed by atoms with Gasteiger partial charge >= 0.3 is 5.97 Å². The van der Waals surface area contributed by atoms with Gasteiger partial charge in [-0.25, -0.2) is 14.2 Å². The maximum absolute atomic E-state index is 14.2. The number of thioether (sulfide) groups is 1. The summed E-state index contributed by atoms with van der Waals surface area (Å²) in [5.41, 5.74) is 7.16. The fourth-order valence-corrected chi connectivity index (χ4v) is 10.3. The number of fused-ring (bicyclic) bond motifs is 5. The van der Waals surface area contributed by atoms with E-state index in [4.69, 9.17) is 24.6 Å². The molecule has 0 aliphatic heterocycles.